The van der Waals surface area contributed by atoms with Crippen molar-refractivity contribution in [1.29, 1.82) is 0 Å². The summed E-state index contributed by atoms with van der Waals surface area (Å²) in [5.41, 5.74) is 0.510. The lowest BCUT2D eigenvalue weighted by Gasteiger charge is -1.92. The van der Waals surface area contributed by atoms with E-state index in [9.17, 15) is 4.79 Å². The van der Waals surface area contributed by atoms with Crippen LogP contribution in [0.1, 0.15) is 5.69 Å². The van der Waals surface area contributed by atoms with Gasteiger partial charge in [-0.1, -0.05) is 0 Å². The molecule has 0 aliphatic carbocycles. The third-order valence-corrected chi connectivity index (χ3v) is 1.40. The molecule has 0 radical (unpaired) electrons. The predicted octanol–water partition coefficient (Wildman–Crippen LogP) is 0.367. The highest BCUT2D eigenvalue weighted by molar-refractivity contribution is 7.80. The summed E-state index contributed by atoms with van der Waals surface area (Å²) in [6.45, 7) is 1.75. The number of nitrogens with one attached hydrogen (secondary N) is 1. The van der Waals surface area contributed by atoms with Gasteiger partial charge in [-0.25, -0.2) is 4.98 Å². The first-order valence-electron chi connectivity index (χ1n) is 2.45. The van der Waals surface area contributed by atoms with E-state index in [0.29, 0.717) is 10.7 Å². The molecular formula is C5H6N2OS. The van der Waals surface area contributed by atoms with Crippen molar-refractivity contribution in [2.24, 2.45) is 0 Å². The minimum absolute atomic E-state index is 0.190. The van der Waals surface area contributed by atoms with Gasteiger partial charge in [-0.15, -0.1) is 12.6 Å². The lowest BCUT2D eigenvalue weighted by Crippen LogP contribution is -2.06. The van der Waals surface area contributed by atoms with Crippen LogP contribution in [0.15, 0.2) is 16.0 Å². The first kappa shape index (κ1) is 6.35. The van der Waals surface area contributed by atoms with Crippen LogP contribution in [0.3, 0.4) is 0 Å². The van der Waals surface area contributed by atoms with Gasteiger partial charge in [-0.05, 0) is 6.92 Å². The molecule has 48 valence electrons. The van der Waals surface area contributed by atoms with E-state index < -0.39 is 0 Å². The number of aromatic nitrogens is 2. The van der Waals surface area contributed by atoms with E-state index in [1.54, 1.807) is 6.92 Å². The van der Waals surface area contributed by atoms with Crippen molar-refractivity contribution in [3.8, 4) is 0 Å². The number of aryl methyl sites for hydroxylation is 1. The molecule has 4 heteroatoms. The Hall–Kier alpha value is -0.770. The van der Waals surface area contributed by atoms with E-state index in [2.05, 4.69) is 22.6 Å². The van der Waals surface area contributed by atoms with Crippen molar-refractivity contribution in [2.45, 2.75) is 11.9 Å². The Morgan fingerprint density at radius 3 is 2.89 bits per heavy atom. The molecule has 0 fully saturated rings. The van der Waals surface area contributed by atoms with E-state index in [1.165, 1.54) is 6.20 Å². The summed E-state index contributed by atoms with van der Waals surface area (Å²) in [5, 5.41) is 0.564. The van der Waals surface area contributed by atoms with E-state index in [1.807, 2.05) is 0 Å². The molecule has 0 atom stereocenters. The van der Waals surface area contributed by atoms with E-state index >= 15 is 0 Å². The standard InChI is InChI=1S/C5H6N2OS/c1-3-5(9)6-2-4(8)7-3/h2H,1H3,(H,6,9)(H,7,8). The zero-order chi connectivity index (χ0) is 6.85. The monoisotopic (exact) mass is 142 g/mol. The van der Waals surface area contributed by atoms with Crippen LogP contribution < -0.4 is 5.56 Å². The van der Waals surface area contributed by atoms with Crippen molar-refractivity contribution >= 4 is 12.6 Å². The molecule has 0 unspecified atom stereocenters. The summed E-state index contributed by atoms with van der Waals surface area (Å²) >= 11 is 3.96. The maximum Gasteiger partial charge on any atom is 0.266 e. The number of H-pyrrole nitrogens is 1. The molecule has 0 aliphatic heterocycles. The molecule has 0 saturated carbocycles. The topological polar surface area (TPSA) is 45.8 Å². The second kappa shape index (κ2) is 2.23. The summed E-state index contributed by atoms with van der Waals surface area (Å²) in [4.78, 5) is 16.7. The summed E-state index contributed by atoms with van der Waals surface area (Å²) in [6, 6.07) is 0. The van der Waals surface area contributed by atoms with E-state index in [4.69, 9.17) is 0 Å². The Labute approximate surface area is 57.6 Å². The molecule has 1 aromatic rings. The van der Waals surface area contributed by atoms with Crippen LogP contribution in [-0.4, -0.2) is 9.97 Å². The zero-order valence-electron chi connectivity index (χ0n) is 4.88. The summed E-state index contributed by atoms with van der Waals surface area (Å²) in [6.07, 6.45) is 1.20. The van der Waals surface area contributed by atoms with E-state index in [-0.39, 0.29) is 5.56 Å². The largest absolute Gasteiger partial charge is 0.323 e. The molecule has 0 aromatic carbocycles. The van der Waals surface area contributed by atoms with Crippen LogP contribution in [0.2, 0.25) is 0 Å². The number of nitrogens with zero attached hydrogens (tertiary/aromatic N) is 1. The van der Waals surface area contributed by atoms with Gasteiger partial charge < -0.3 is 4.98 Å². The average Bonchev–Trinajstić information content (AvgIpc) is 1.80. The van der Waals surface area contributed by atoms with Gasteiger partial charge in [-0.2, -0.15) is 0 Å². The highest BCUT2D eigenvalue weighted by atomic mass is 32.1. The third-order valence-electron chi connectivity index (χ3n) is 0.950. The van der Waals surface area contributed by atoms with Crippen molar-refractivity contribution in [3.63, 3.8) is 0 Å². The Bertz CT molecular complexity index is 268. The zero-order valence-corrected chi connectivity index (χ0v) is 5.77. The van der Waals surface area contributed by atoms with Crippen molar-refractivity contribution in [2.75, 3.05) is 0 Å². The molecule has 1 N–H and O–H groups in total. The molecule has 1 rings (SSSR count). The Balaban J connectivity index is 3.34. The van der Waals surface area contributed by atoms with E-state index in [0.717, 1.165) is 0 Å². The summed E-state index contributed by atoms with van der Waals surface area (Å²) in [5.74, 6) is 0. The third kappa shape index (κ3) is 1.32. The number of thiol groups is 1. The van der Waals surface area contributed by atoms with Crippen LogP contribution in [-0.2, 0) is 0 Å². The minimum Gasteiger partial charge on any atom is -0.323 e. The first-order chi connectivity index (χ1) is 4.20. The van der Waals surface area contributed by atoms with Gasteiger partial charge in [0.2, 0.25) is 0 Å². The van der Waals surface area contributed by atoms with Crippen LogP contribution in [0.25, 0.3) is 0 Å². The van der Waals surface area contributed by atoms with Crippen molar-refractivity contribution < 1.29 is 0 Å². The number of rotatable bonds is 0. The average molecular weight is 142 g/mol. The molecule has 0 bridgehead atoms. The van der Waals surface area contributed by atoms with Gasteiger partial charge in [0.25, 0.3) is 5.56 Å². The highest BCUT2D eigenvalue weighted by Crippen LogP contribution is 2.00. The normalized spacial score (nSPS) is 9.56. The fourth-order valence-electron chi connectivity index (χ4n) is 0.490. The smallest absolute Gasteiger partial charge is 0.266 e. The SMILES string of the molecule is Cc1[nH]c(=O)cnc1S. The highest BCUT2D eigenvalue weighted by Gasteiger charge is 1.91. The summed E-state index contributed by atoms with van der Waals surface area (Å²) in [7, 11) is 0. The van der Waals surface area contributed by atoms with Gasteiger partial charge in [0, 0.05) is 5.69 Å². The molecule has 0 amide bonds. The second-order valence-corrected chi connectivity index (χ2v) is 2.12. The molecular weight excluding hydrogens is 136 g/mol. The lowest BCUT2D eigenvalue weighted by atomic mass is 10.5. The fraction of sp³-hybridized carbons (Fsp3) is 0.200. The first-order valence-corrected chi connectivity index (χ1v) is 2.90. The van der Waals surface area contributed by atoms with Crippen molar-refractivity contribution in [1.82, 2.24) is 9.97 Å². The van der Waals surface area contributed by atoms with Gasteiger partial charge in [0.1, 0.15) is 5.03 Å². The molecule has 3 nitrogen and oxygen atoms in total. The molecule has 1 heterocycles. The Kier molecular flexibility index (Phi) is 1.57. The predicted molar refractivity (Wildman–Crippen MR) is 36.8 cm³/mol. The van der Waals surface area contributed by atoms with Crippen LogP contribution in [0.4, 0.5) is 0 Å². The Morgan fingerprint density at radius 2 is 2.44 bits per heavy atom. The number of aromatic amines is 1. The maximum atomic E-state index is 10.5. The van der Waals surface area contributed by atoms with Crippen LogP contribution >= 0.6 is 12.6 Å². The Morgan fingerprint density at radius 1 is 1.78 bits per heavy atom. The quantitative estimate of drug-likeness (QED) is 0.514. The maximum absolute atomic E-state index is 10.5. The second-order valence-electron chi connectivity index (χ2n) is 1.70. The molecule has 0 aliphatic rings. The van der Waals surface area contributed by atoms with Crippen LogP contribution in [0, 0.1) is 6.92 Å². The van der Waals surface area contributed by atoms with Crippen molar-refractivity contribution in [3.05, 3.63) is 22.2 Å². The minimum atomic E-state index is -0.190. The van der Waals surface area contributed by atoms with Gasteiger partial charge >= 0.3 is 0 Å². The van der Waals surface area contributed by atoms with Gasteiger partial charge in [-0.3, -0.25) is 4.79 Å². The molecule has 1 aromatic heterocycles. The van der Waals surface area contributed by atoms with Gasteiger partial charge in [0.15, 0.2) is 0 Å². The number of hydrogen-bond donors (Lipinski definition) is 2. The molecule has 0 saturated heterocycles. The summed E-state index contributed by atoms with van der Waals surface area (Å²) < 4.78 is 0. The number of hydrogen-bond acceptors (Lipinski definition) is 3. The van der Waals surface area contributed by atoms with Crippen LogP contribution in [0.5, 0.6) is 0 Å². The fourth-order valence-corrected chi connectivity index (χ4v) is 0.603. The molecule has 9 heavy (non-hydrogen) atoms. The lowest BCUT2D eigenvalue weighted by molar-refractivity contribution is 0.961. The van der Waals surface area contributed by atoms with Gasteiger partial charge in [0.05, 0.1) is 6.20 Å². The molecule has 0 spiro atoms.